The predicted molar refractivity (Wildman–Crippen MR) is 151 cm³/mol. The molecule has 0 atom stereocenters. The fraction of sp³-hybridized carbons (Fsp3) is 0. The third-order valence-corrected chi connectivity index (χ3v) is 6.77. The summed E-state index contributed by atoms with van der Waals surface area (Å²) in [6.07, 6.45) is 3.23. The molecule has 0 aliphatic carbocycles. The number of para-hydroxylation sites is 2. The molecule has 0 aliphatic rings. The van der Waals surface area contributed by atoms with E-state index in [4.69, 9.17) is 23.2 Å². The lowest BCUT2D eigenvalue weighted by atomic mass is 9.97. The monoisotopic (exact) mass is 534 g/mol. The second kappa shape index (κ2) is 10.1. The van der Waals surface area contributed by atoms with Crippen molar-refractivity contribution in [3.8, 4) is 33.9 Å². The first-order chi connectivity index (χ1) is 18.6. The maximum Gasteiger partial charge on any atom is 0.200 e. The molecule has 4 aromatic carbocycles. The number of rotatable bonds is 6. The van der Waals surface area contributed by atoms with E-state index in [0.29, 0.717) is 32.6 Å². The Morgan fingerprint density at radius 2 is 0.895 bits per heavy atom. The van der Waals surface area contributed by atoms with Crippen LogP contribution < -0.4 is 0 Å². The van der Waals surface area contributed by atoms with Gasteiger partial charge in [0.15, 0.2) is 0 Å². The van der Waals surface area contributed by atoms with E-state index in [0.717, 1.165) is 22.5 Å². The van der Waals surface area contributed by atoms with Crippen LogP contribution in [-0.2, 0) is 0 Å². The molecule has 0 saturated heterocycles. The number of benzene rings is 4. The van der Waals surface area contributed by atoms with Crippen molar-refractivity contribution in [3.05, 3.63) is 143 Å². The Labute approximate surface area is 229 Å². The number of carbonyl (C=O) groups is 1. The highest BCUT2D eigenvalue weighted by atomic mass is 35.5. The van der Waals surface area contributed by atoms with Crippen LogP contribution in [0.5, 0.6) is 0 Å². The molecule has 2 aromatic heterocycles. The lowest BCUT2D eigenvalue weighted by Gasteiger charge is -2.12. The minimum absolute atomic E-state index is 0.190. The molecule has 2 heterocycles. The Morgan fingerprint density at radius 3 is 1.26 bits per heavy atom. The Balaban J connectivity index is 1.56. The van der Waals surface area contributed by atoms with E-state index in [1.807, 2.05) is 84.9 Å². The van der Waals surface area contributed by atoms with Crippen molar-refractivity contribution in [2.75, 3.05) is 0 Å². The molecule has 5 nitrogen and oxygen atoms in total. The molecule has 0 spiro atoms. The summed E-state index contributed by atoms with van der Waals surface area (Å²) in [6, 6.07) is 34.2. The Bertz CT molecular complexity index is 1590. The maximum atomic E-state index is 14.3. The Hall–Kier alpha value is -4.45. The topological polar surface area (TPSA) is 52.7 Å². The molecule has 0 radical (unpaired) electrons. The molecule has 38 heavy (non-hydrogen) atoms. The largest absolute Gasteiger partial charge is 0.288 e. The van der Waals surface area contributed by atoms with Crippen molar-refractivity contribution in [2.45, 2.75) is 0 Å². The molecule has 0 bridgehead atoms. The SMILES string of the molecule is O=C(c1cnn(-c2ccccc2)c1-c1ccc(Cl)cc1)c1cnn(-c2ccccc2)c1-c1ccc(Cl)cc1. The summed E-state index contributed by atoms with van der Waals surface area (Å²) in [5, 5.41) is 10.5. The summed E-state index contributed by atoms with van der Waals surface area (Å²) in [7, 11) is 0. The van der Waals surface area contributed by atoms with Gasteiger partial charge in [-0.25, -0.2) is 9.36 Å². The van der Waals surface area contributed by atoms with Gasteiger partial charge >= 0.3 is 0 Å². The van der Waals surface area contributed by atoms with Crippen LogP contribution in [-0.4, -0.2) is 25.3 Å². The zero-order chi connectivity index (χ0) is 26.1. The first-order valence-corrected chi connectivity index (χ1v) is 12.7. The number of ketones is 1. The van der Waals surface area contributed by atoms with Gasteiger partial charge in [0.2, 0.25) is 5.78 Å². The molecule has 6 aromatic rings. The second-order valence-corrected chi connectivity index (χ2v) is 9.52. The van der Waals surface area contributed by atoms with Crippen molar-refractivity contribution in [2.24, 2.45) is 0 Å². The Morgan fingerprint density at radius 1 is 0.526 bits per heavy atom. The van der Waals surface area contributed by atoms with E-state index in [-0.39, 0.29) is 5.78 Å². The van der Waals surface area contributed by atoms with Gasteiger partial charge in [0.05, 0.1) is 46.3 Å². The number of nitrogens with zero attached hydrogens (tertiary/aromatic N) is 4. The molecular formula is C31H20Cl2N4O. The molecule has 0 saturated carbocycles. The van der Waals surface area contributed by atoms with Crippen LogP contribution in [0.4, 0.5) is 0 Å². The highest BCUT2D eigenvalue weighted by molar-refractivity contribution is 6.31. The summed E-state index contributed by atoms with van der Waals surface area (Å²) in [5.41, 5.74) is 5.59. The van der Waals surface area contributed by atoms with Gasteiger partial charge in [0.25, 0.3) is 0 Å². The normalized spacial score (nSPS) is 11.0. The van der Waals surface area contributed by atoms with Crippen molar-refractivity contribution >= 4 is 29.0 Å². The molecule has 184 valence electrons. The number of hydrogen-bond donors (Lipinski definition) is 0. The second-order valence-electron chi connectivity index (χ2n) is 8.65. The average Bonchev–Trinajstić information content (AvgIpc) is 3.60. The van der Waals surface area contributed by atoms with Crippen LogP contribution in [0.15, 0.2) is 122 Å². The highest BCUT2D eigenvalue weighted by Crippen LogP contribution is 2.33. The predicted octanol–water partition coefficient (Wildman–Crippen LogP) is 7.93. The summed E-state index contributed by atoms with van der Waals surface area (Å²) in [5.74, 6) is -0.190. The number of hydrogen-bond acceptors (Lipinski definition) is 3. The number of halogens is 2. The zero-order valence-corrected chi connectivity index (χ0v) is 21.5. The third-order valence-electron chi connectivity index (χ3n) is 6.26. The first-order valence-electron chi connectivity index (χ1n) is 11.9. The molecule has 0 unspecified atom stereocenters. The minimum Gasteiger partial charge on any atom is -0.288 e. The minimum atomic E-state index is -0.190. The molecule has 6 rings (SSSR count). The van der Waals surface area contributed by atoms with Crippen LogP contribution in [0.1, 0.15) is 15.9 Å². The van der Waals surface area contributed by atoms with Crippen molar-refractivity contribution in [3.63, 3.8) is 0 Å². The van der Waals surface area contributed by atoms with E-state index < -0.39 is 0 Å². The molecular weight excluding hydrogens is 515 g/mol. The van der Waals surface area contributed by atoms with Gasteiger partial charge in [-0.1, -0.05) is 83.9 Å². The van der Waals surface area contributed by atoms with Gasteiger partial charge in [0.1, 0.15) is 0 Å². The van der Waals surface area contributed by atoms with Gasteiger partial charge < -0.3 is 0 Å². The Kier molecular flexibility index (Phi) is 6.38. The van der Waals surface area contributed by atoms with Gasteiger partial charge in [-0.3, -0.25) is 4.79 Å². The quantitative estimate of drug-likeness (QED) is 0.204. The summed E-state index contributed by atoms with van der Waals surface area (Å²) < 4.78 is 3.56. The first kappa shape index (κ1) is 23.9. The van der Waals surface area contributed by atoms with Crippen LogP contribution in [0, 0.1) is 0 Å². The number of aromatic nitrogens is 4. The van der Waals surface area contributed by atoms with Gasteiger partial charge in [0, 0.05) is 21.2 Å². The molecule has 0 aliphatic heterocycles. The summed E-state index contributed by atoms with van der Waals surface area (Å²) in [6.45, 7) is 0. The van der Waals surface area contributed by atoms with Crippen LogP contribution in [0.2, 0.25) is 10.0 Å². The third kappa shape index (κ3) is 4.43. The van der Waals surface area contributed by atoms with Crippen molar-refractivity contribution in [1.82, 2.24) is 19.6 Å². The highest BCUT2D eigenvalue weighted by Gasteiger charge is 2.26. The van der Waals surface area contributed by atoms with Crippen LogP contribution in [0.3, 0.4) is 0 Å². The number of carbonyl (C=O) groups excluding carboxylic acids is 1. The fourth-order valence-electron chi connectivity index (χ4n) is 4.48. The van der Waals surface area contributed by atoms with Gasteiger partial charge in [-0.2, -0.15) is 10.2 Å². The summed E-state index contributed by atoms with van der Waals surface area (Å²) >= 11 is 12.4. The molecule has 0 amide bonds. The lowest BCUT2D eigenvalue weighted by Crippen LogP contribution is -2.07. The van der Waals surface area contributed by atoms with Crippen LogP contribution >= 0.6 is 23.2 Å². The van der Waals surface area contributed by atoms with Crippen molar-refractivity contribution in [1.29, 1.82) is 0 Å². The van der Waals surface area contributed by atoms with E-state index in [1.54, 1.807) is 46.0 Å². The van der Waals surface area contributed by atoms with Gasteiger partial charge in [-0.05, 0) is 48.5 Å². The molecule has 0 fully saturated rings. The van der Waals surface area contributed by atoms with Gasteiger partial charge in [-0.15, -0.1) is 0 Å². The lowest BCUT2D eigenvalue weighted by molar-refractivity contribution is 0.104. The average molecular weight is 535 g/mol. The molecule has 0 N–H and O–H groups in total. The van der Waals surface area contributed by atoms with E-state index >= 15 is 0 Å². The van der Waals surface area contributed by atoms with Crippen LogP contribution in [0.25, 0.3) is 33.9 Å². The zero-order valence-electron chi connectivity index (χ0n) is 20.0. The fourth-order valence-corrected chi connectivity index (χ4v) is 4.73. The maximum absolute atomic E-state index is 14.3. The van der Waals surface area contributed by atoms with E-state index in [9.17, 15) is 4.79 Å². The summed E-state index contributed by atoms with van der Waals surface area (Å²) in [4.78, 5) is 14.3. The smallest absolute Gasteiger partial charge is 0.200 e. The van der Waals surface area contributed by atoms with E-state index in [1.165, 1.54) is 0 Å². The molecule has 7 heteroatoms. The van der Waals surface area contributed by atoms with E-state index in [2.05, 4.69) is 10.2 Å². The standard InChI is InChI=1S/C31H20Cl2N4O/c32-23-15-11-21(12-16-23)29-27(19-34-36(29)25-7-3-1-4-8-25)31(38)28-20-35-37(26-9-5-2-6-10-26)30(28)22-13-17-24(33)18-14-22/h1-20H. The van der Waals surface area contributed by atoms with Crippen molar-refractivity contribution < 1.29 is 4.79 Å².